The van der Waals surface area contributed by atoms with Crippen LogP contribution in [0.3, 0.4) is 0 Å². The lowest BCUT2D eigenvalue weighted by molar-refractivity contribution is -0.187. The molecule has 1 fully saturated rings. The molecule has 7 nitrogen and oxygen atoms in total. The normalized spacial score (nSPS) is 36.3. The van der Waals surface area contributed by atoms with E-state index in [-0.39, 0.29) is 31.0 Å². The molecule has 0 bridgehead atoms. The molecule has 0 unspecified atom stereocenters. The number of esters is 2. The third-order valence-electron chi connectivity index (χ3n) is 8.66. The number of ether oxygens (including phenoxy) is 2. The number of hydrogen-bond donors (Lipinski definition) is 1. The first-order valence-electron chi connectivity index (χ1n) is 12.3. The molecule has 0 saturated heterocycles. The Morgan fingerprint density at radius 2 is 1.82 bits per heavy atom. The fraction of sp³-hybridized carbons (Fsp3) is 0.630. The zero-order valence-corrected chi connectivity index (χ0v) is 20.4. The molecule has 5 atom stereocenters. The second kappa shape index (κ2) is 8.59. The Bertz CT molecular complexity index is 1030. The molecule has 0 aromatic heterocycles. The zero-order valence-electron chi connectivity index (χ0n) is 20.4. The molecule has 0 aromatic carbocycles. The molecule has 0 amide bonds. The van der Waals surface area contributed by atoms with Gasteiger partial charge >= 0.3 is 11.9 Å². The molecule has 184 valence electrons. The van der Waals surface area contributed by atoms with E-state index in [1.807, 2.05) is 19.9 Å². The van der Waals surface area contributed by atoms with Crippen LogP contribution in [-0.2, 0) is 28.7 Å². The van der Waals surface area contributed by atoms with E-state index in [0.717, 1.165) is 16.7 Å². The Hall–Kier alpha value is -2.54. The minimum atomic E-state index is -1.46. The van der Waals surface area contributed by atoms with Crippen LogP contribution in [0.1, 0.15) is 72.6 Å². The summed E-state index contributed by atoms with van der Waals surface area (Å²) in [4.78, 5) is 49.8. The van der Waals surface area contributed by atoms with Gasteiger partial charge in [0.1, 0.15) is 0 Å². The van der Waals surface area contributed by atoms with Gasteiger partial charge in [0, 0.05) is 23.7 Å². The number of allylic oxidation sites excluding steroid dienone is 5. The van der Waals surface area contributed by atoms with E-state index in [2.05, 4.69) is 0 Å². The summed E-state index contributed by atoms with van der Waals surface area (Å²) in [6.45, 7) is 6.83. The van der Waals surface area contributed by atoms with Gasteiger partial charge in [-0.05, 0) is 62.7 Å². The lowest BCUT2D eigenvalue weighted by Crippen LogP contribution is -2.59. The van der Waals surface area contributed by atoms with E-state index in [9.17, 15) is 24.3 Å². The first-order chi connectivity index (χ1) is 16.0. The number of ketones is 2. The van der Waals surface area contributed by atoms with E-state index < -0.39 is 46.9 Å². The van der Waals surface area contributed by atoms with Crippen molar-refractivity contribution >= 4 is 23.5 Å². The maximum atomic E-state index is 13.6. The monoisotopic (exact) mass is 470 g/mol. The van der Waals surface area contributed by atoms with Crippen LogP contribution in [0.25, 0.3) is 0 Å². The number of aliphatic hydroxyl groups is 1. The van der Waals surface area contributed by atoms with Crippen molar-refractivity contribution in [1.82, 2.24) is 0 Å². The molecular weight excluding hydrogens is 436 g/mol. The Balaban J connectivity index is 1.78. The molecule has 1 saturated carbocycles. The molecule has 0 spiro atoms. The maximum Gasteiger partial charge on any atom is 0.306 e. The summed E-state index contributed by atoms with van der Waals surface area (Å²) in [7, 11) is 0. The van der Waals surface area contributed by atoms with Crippen LogP contribution in [-0.4, -0.2) is 46.9 Å². The number of carbonyl (C=O) groups is 4. The summed E-state index contributed by atoms with van der Waals surface area (Å²) >= 11 is 0. The summed E-state index contributed by atoms with van der Waals surface area (Å²) in [6, 6.07) is 0. The minimum absolute atomic E-state index is 0.0368. The fourth-order valence-electron chi connectivity index (χ4n) is 6.90. The molecule has 0 radical (unpaired) electrons. The zero-order chi connectivity index (χ0) is 24.9. The highest BCUT2D eigenvalue weighted by atomic mass is 16.6. The van der Waals surface area contributed by atoms with Crippen LogP contribution in [0.5, 0.6) is 0 Å². The van der Waals surface area contributed by atoms with Gasteiger partial charge in [-0.2, -0.15) is 0 Å². The van der Waals surface area contributed by atoms with Gasteiger partial charge in [-0.1, -0.05) is 38.0 Å². The van der Waals surface area contributed by atoms with Crippen molar-refractivity contribution in [2.75, 3.05) is 6.61 Å². The molecule has 4 rings (SSSR count). The van der Waals surface area contributed by atoms with Gasteiger partial charge in [-0.3, -0.25) is 19.2 Å². The first-order valence-corrected chi connectivity index (χ1v) is 12.3. The third kappa shape index (κ3) is 3.51. The Morgan fingerprint density at radius 3 is 2.50 bits per heavy atom. The Morgan fingerprint density at radius 1 is 1.12 bits per heavy atom. The Kier molecular flexibility index (Phi) is 6.21. The van der Waals surface area contributed by atoms with E-state index in [0.29, 0.717) is 25.7 Å². The average Bonchev–Trinajstić information content (AvgIpc) is 3.09. The SMILES string of the molecule is CCC(=O)OCC(=O)[C@@]1(OC(=O)CC)CC[C@H]2C3=C([C@@H](O)C[C@@]21C)[C@@]1(C)C=CC(=O)C=C1CC3. The van der Waals surface area contributed by atoms with E-state index >= 15 is 0 Å². The third-order valence-corrected chi connectivity index (χ3v) is 8.66. The lowest BCUT2D eigenvalue weighted by atomic mass is 9.52. The highest BCUT2D eigenvalue weighted by molar-refractivity contribution is 6.01. The molecule has 1 N–H and O–H groups in total. The molecule has 4 aliphatic carbocycles. The smallest absolute Gasteiger partial charge is 0.306 e. The van der Waals surface area contributed by atoms with Crippen molar-refractivity contribution < 1.29 is 33.8 Å². The molecular formula is C27H34O7. The number of hydrogen-bond acceptors (Lipinski definition) is 7. The first kappa shape index (κ1) is 24.6. The Labute approximate surface area is 200 Å². The van der Waals surface area contributed by atoms with Gasteiger partial charge in [0.25, 0.3) is 0 Å². The maximum absolute atomic E-state index is 13.6. The standard InChI is InChI=1S/C27H34O7/c1-5-22(31)33-15-21(30)27(34-23(32)6-2)12-10-19-18-8-7-16-13-17(28)9-11-25(16,3)24(18)20(29)14-26(19,27)4/h9,11,13,19-20,29H,5-8,10,12,14-15H2,1-4H3/t19-,20-,25-,26-,27-/m0/s1. The molecule has 7 heteroatoms. The van der Waals surface area contributed by atoms with Gasteiger partial charge < -0.3 is 14.6 Å². The van der Waals surface area contributed by atoms with Crippen LogP contribution in [0.2, 0.25) is 0 Å². The number of rotatable bonds is 6. The summed E-state index contributed by atoms with van der Waals surface area (Å²) in [5.74, 6) is -1.50. The van der Waals surface area contributed by atoms with Crippen LogP contribution < -0.4 is 0 Å². The van der Waals surface area contributed by atoms with E-state index in [1.165, 1.54) is 0 Å². The summed E-state index contributed by atoms with van der Waals surface area (Å²) < 4.78 is 11.1. The van der Waals surface area contributed by atoms with Crippen molar-refractivity contribution in [3.8, 4) is 0 Å². The van der Waals surface area contributed by atoms with Crippen molar-refractivity contribution in [1.29, 1.82) is 0 Å². The van der Waals surface area contributed by atoms with Gasteiger partial charge in [0.2, 0.25) is 5.78 Å². The molecule has 0 aliphatic heterocycles. The van der Waals surface area contributed by atoms with Crippen LogP contribution in [0, 0.1) is 16.7 Å². The van der Waals surface area contributed by atoms with Crippen LogP contribution in [0.4, 0.5) is 0 Å². The summed E-state index contributed by atoms with van der Waals surface area (Å²) in [6.07, 6.45) is 7.12. The number of fused-ring (bicyclic) bond motifs is 4. The highest BCUT2D eigenvalue weighted by Gasteiger charge is 2.67. The van der Waals surface area contributed by atoms with E-state index in [4.69, 9.17) is 9.47 Å². The summed E-state index contributed by atoms with van der Waals surface area (Å²) in [5.41, 5.74) is 0.191. The topological polar surface area (TPSA) is 107 Å². The number of Topliss-reactive ketones (excluding diaryl/α,β-unsaturated/α-hetero) is 1. The average molecular weight is 471 g/mol. The number of aliphatic hydroxyl groups excluding tert-OH is 1. The van der Waals surface area contributed by atoms with Crippen LogP contribution in [0.15, 0.2) is 34.9 Å². The van der Waals surface area contributed by atoms with E-state index in [1.54, 1.807) is 26.0 Å². The fourth-order valence-corrected chi connectivity index (χ4v) is 6.90. The van der Waals surface area contributed by atoms with Gasteiger partial charge in [0.15, 0.2) is 18.0 Å². The van der Waals surface area contributed by atoms with Crippen molar-refractivity contribution in [3.63, 3.8) is 0 Å². The van der Waals surface area contributed by atoms with Crippen LogP contribution >= 0.6 is 0 Å². The number of carbonyl (C=O) groups excluding carboxylic acids is 4. The van der Waals surface area contributed by atoms with Gasteiger partial charge in [-0.15, -0.1) is 0 Å². The highest BCUT2D eigenvalue weighted by Crippen LogP contribution is 2.65. The van der Waals surface area contributed by atoms with Crippen molar-refractivity contribution in [2.45, 2.75) is 84.3 Å². The quantitative estimate of drug-likeness (QED) is 0.467. The van der Waals surface area contributed by atoms with Crippen molar-refractivity contribution in [3.05, 3.63) is 34.9 Å². The largest absolute Gasteiger partial charge is 0.457 e. The molecule has 34 heavy (non-hydrogen) atoms. The molecule has 0 heterocycles. The predicted molar refractivity (Wildman–Crippen MR) is 123 cm³/mol. The van der Waals surface area contributed by atoms with Crippen molar-refractivity contribution in [2.24, 2.45) is 16.7 Å². The predicted octanol–water partition coefficient (Wildman–Crippen LogP) is 3.54. The second-order valence-corrected chi connectivity index (χ2v) is 10.4. The summed E-state index contributed by atoms with van der Waals surface area (Å²) in [5, 5.41) is 11.5. The molecule has 4 aliphatic rings. The lowest BCUT2D eigenvalue weighted by Gasteiger charge is -2.53. The minimum Gasteiger partial charge on any atom is -0.457 e. The molecule has 0 aromatic rings. The van der Waals surface area contributed by atoms with Gasteiger partial charge in [-0.25, -0.2) is 0 Å². The van der Waals surface area contributed by atoms with Gasteiger partial charge in [0.05, 0.1) is 6.10 Å². The second-order valence-electron chi connectivity index (χ2n) is 10.4.